The highest BCUT2D eigenvalue weighted by atomic mass is 16.3. The second-order valence-electron chi connectivity index (χ2n) is 6.07. The summed E-state index contributed by atoms with van der Waals surface area (Å²) < 4.78 is 7.56. The summed E-state index contributed by atoms with van der Waals surface area (Å²) >= 11 is 0. The molecule has 1 atom stereocenters. The van der Waals surface area contributed by atoms with Crippen molar-refractivity contribution in [1.29, 1.82) is 0 Å². The van der Waals surface area contributed by atoms with Gasteiger partial charge < -0.3 is 19.6 Å². The van der Waals surface area contributed by atoms with Gasteiger partial charge in [0.1, 0.15) is 5.76 Å². The van der Waals surface area contributed by atoms with Crippen molar-refractivity contribution < 1.29 is 9.21 Å². The second kappa shape index (κ2) is 8.54. The van der Waals surface area contributed by atoms with Crippen molar-refractivity contribution in [1.82, 2.24) is 25.1 Å². The molecule has 130 valence electrons. The first-order valence-electron chi connectivity index (χ1n) is 8.58. The minimum absolute atomic E-state index is 0.110. The van der Waals surface area contributed by atoms with E-state index < -0.39 is 0 Å². The molecular formula is C17H25N5O2. The molecule has 7 nitrogen and oxygen atoms in total. The van der Waals surface area contributed by atoms with E-state index in [9.17, 15) is 4.79 Å². The van der Waals surface area contributed by atoms with Crippen LogP contribution in [0.1, 0.15) is 31.1 Å². The molecule has 0 spiro atoms. The molecule has 2 N–H and O–H groups in total. The van der Waals surface area contributed by atoms with Crippen LogP contribution in [-0.2, 0) is 6.54 Å². The SMILES string of the molecule is O=C(NCCCn1ccnc1)NC[C@H](c1ccco1)N1CCCC1. The number of hydrogen-bond acceptors (Lipinski definition) is 4. The van der Waals surface area contributed by atoms with Crippen molar-refractivity contribution in [2.45, 2.75) is 31.8 Å². The van der Waals surface area contributed by atoms with E-state index in [0.717, 1.165) is 31.8 Å². The van der Waals surface area contributed by atoms with Crippen molar-refractivity contribution >= 4 is 6.03 Å². The second-order valence-corrected chi connectivity index (χ2v) is 6.07. The molecule has 0 aliphatic carbocycles. The fourth-order valence-electron chi connectivity index (χ4n) is 3.08. The Morgan fingerprint density at radius 2 is 2.21 bits per heavy atom. The number of likely N-dealkylation sites (tertiary alicyclic amines) is 1. The van der Waals surface area contributed by atoms with Crippen LogP contribution in [-0.4, -0.2) is 46.7 Å². The summed E-state index contributed by atoms with van der Waals surface area (Å²) in [4.78, 5) is 18.4. The molecule has 0 radical (unpaired) electrons. The van der Waals surface area contributed by atoms with Gasteiger partial charge in [-0.15, -0.1) is 0 Å². The molecular weight excluding hydrogens is 306 g/mol. The number of imidazole rings is 1. The number of nitrogens with zero attached hydrogens (tertiary/aromatic N) is 3. The molecule has 0 aromatic carbocycles. The summed E-state index contributed by atoms with van der Waals surface area (Å²) in [7, 11) is 0. The van der Waals surface area contributed by atoms with Crippen LogP contribution in [0.2, 0.25) is 0 Å². The van der Waals surface area contributed by atoms with E-state index in [2.05, 4.69) is 20.5 Å². The Balaban J connectivity index is 1.39. The van der Waals surface area contributed by atoms with Crippen LogP contribution in [0.25, 0.3) is 0 Å². The highest BCUT2D eigenvalue weighted by Crippen LogP contribution is 2.24. The molecule has 1 saturated heterocycles. The molecule has 3 rings (SSSR count). The van der Waals surface area contributed by atoms with Gasteiger partial charge in [0.05, 0.1) is 18.6 Å². The van der Waals surface area contributed by atoms with Crippen LogP contribution >= 0.6 is 0 Å². The topological polar surface area (TPSA) is 75.3 Å². The van der Waals surface area contributed by atoms with E-state index in [1.54, 1.807) is 18.8 Å². The summed E-state index contributed by atoms with van der Waals surface area (Å²) in [6, 6.07) is 3.86. The van der Waals surface area contributed by atoms with Crippen molar-refractivity contribution in [2.24, 2.45) is 0 Å². The number of amides is 2. The number of hydrogen-bond donors (Lipinski definition) is 2. The maximum absolute atomic E-state index is 12.0. The average Bonchev–Trinajstić information content (AvgIpc) is 3.34. The Bertz CT molecular complexity index is 591. The number of carbonyl (C=O) groups excluding carboxylic acids is 1. The summed E-state index contributed by atoms with van der Waals surface area (Å²) in [6.45, 7) is 4.15. The van der Waals surface area contributed by atoms with Crippen LogP contribution in [0.3, 0.4) is 0 Å². The van der Waals surface area contributed by atoms with E-state index in [4.69, 9.17) is 4.42 Å². The maximum Gasteiger partial charge on any atom is 0.314 e. The van der Waals surface area contributed by atoms with Gasteiger partial charge >= 0.3 is 6.03 Å². The minimum Gasteiger partial charge on any atom is -0.468 e. The number of furan rings is 1. The van der Waals surface area contributed by atoms with Gasteiger partial charge in [-0.1, -0.05) is 0 Å². The zero-order valence-electron chi connectivity index (χ0n) is 13.9. The van der Waals surface area contributed by atoms with E-state index >= 15 is 0 Å². The number of carbonyl (C=O) groups is 1. The zero-order valence-corrected chi connectivity index (χ0v) is 13.9. The lowest BCUT2D eigenvalue weighted by Gasteiger charge is -2.26. The van der Waals surface area contributed by atoms with Gasteiger partial charge in [-0.05, 0) is 44.5 Å². The van der Waals surface area contributed by atoms with Gasteiger partial charge in [-0.25, -0.2) is 9.78 Å². The third kappa shape index (κ3) is 4.61. The lowest BCUT2D eigenvalue weighted by atomic mass is 10.2. The van der Waals surface area contributed by atoms with E-state index in [1.807, 2.05) is 22.9 Å². The summed E-state index contributed by atoms with van der Waals surface area (Å²) in [5, 5.41) is 5.87. The predicted molar refractivity (Wildman–Crippen MR) is 90.5 cm³/mol. The average molecular weight is 331 g/mol. The quantitative estimate of drug-likeness (QED) is 0.726. The smallest absolute Gasteiger partial charge is 0.314 e. The van der Waals surface area contributed by atoms with Gasteiger partial charge in [0.2, 0.25) is 0 Å². The highest BCUT2D eigenvalue weighted by Gasteiger charge is 2.25. The molecule has 0 saturated carbocycles. The van der Waals surface area contributed by atoms with Crippen LogP contribution < -0.4 is 10.6 Å². The van der Waals surface area contributed by atoms with E-state index in [-0.39, 0.29) is 12.1 Å². The molecule has 24 heavy (non-hydrogen) atoms. The molecule has 0 bridgehead atoms. The van der Waals surface area contributed by atoms with Gasteiger partial charge in [0.15, 0.2) is 0 Å². The summed E-state index contributed by atoms with van der Waals surface area (Å²) in [5.74, 6) is 0.914. The van der Waals surface area contributed by atoms with Crippen molar-refractivity contribution in [3.05, 3.63) is 42.9 Å². The first-order chi connectivity index (χ1) is 11.8. The Labute approximate surface area is 142 Å². The molecule has 2 aromatic heterocycles. The number of aryl methyl sites for hydroxylation is 1. The highest BCUT2D eigenvalue weighted by molar-refractivity contribution is 5.73. The Hall–Kier alpha value is -2.28. The number of nitrogens with one attached hydrogen (secondary N) is 2. The molecule has 2 amide bonds. The van der Waals surface area contributed by atoms with Gasteiger partial charge in [0.25, 0.3) is 0 Å². The zero-order chi connectivity index (χ0) is 16.6. The molecule has 3 heterocycles. The normalized spacial score (nSPS) is 16.2. The fourth-order valence-corrected chi connectivity index (χ4v) is 3.08. The van der Waals surface area contributed by atoms with Crippen LogP contribution in [0.15, 0.2) is 41.5 Å². The first-order valence-corrected chi connectivity index (χ1v) is 8.58. The molecule has 2 aromatic rings. The number of urea groups is 1. The third-order valence-electron chi connectivity index (χ3n) is 4.35. The molecule has 0 unspecified atom stereocenters. The molecule has 1 fully saturated rings. The van der Waals surface area contributed by atoms with Gasteiger partial charge in [-0.3, -0.25) is 4.90 Å². The largest absolute Gasteiger partial charge is 0.468 e. The lowest BCUT2D eigenvalue weighted by molar-refractivity contribution is 0.203. The predicted octanol–water partition coefficient (Wildman–Crippen LogP) is 2.00. The number of rotatable bonds is 8. The maximum atomic E-state index is 12.0. The van der Waals surface area contributed by atoms with Gasteiger partial charge in [0, 0.05) is 32.0 Å². The van der Waals surface area contributed by atoms with Crippen molar-refractivity contribution in [3.8, 4) is 0 Å². The van der Waals surface area contributed by atoms with Crippen molar-refractivity contribution in [3.63, 3.8) is 0 Å². The third-order valence-corrected chi connectivity index (χ3v) is 4.35. The standard InChI is InChI=1S/C17H25N5O2/c23-17(19-6-4-8-21-11-7-18-14-21)20-13-15(16-5-3-12-24-16)22-9-1-2-10-22/h3,5,7,11-12,14-15H,1-2,4,6,8-10,13H2,(H2,19,20,23)/t15-/m1/s1. The van der Waals surface area contributed by atoms with Crippen LogP contribution in [0.5, 0.6) is 0 Å². The van der Waals surface area contributed by atoms with Crippen LogP contribution in [0, 0.1) is 0 Å². The Morgan fingerprint density at radius 1 is 1.33 bits per heavy atom. The first kappa shape index (κ1) is 16.6. The fraction of sp³-hybridized carbons (Fsp3) is 0.529. The van der Waals surface area contributed by atoms with Crippen LogP contribution in [0.4, 0.5) is 4.79 Å². The molecule has 1 aliphatic rings. The lowest BCUT2D eigenvalue weighted by Crippen LogP contribution is -2.41. The molecule has 1 aliphatic heterocycles. The molecule has 7 heteroatoms. The number of aromatic nitrogens is 2. The van der Waals surface area contributed by atoms with Gasteiger partial charge in [-0.2, -0.15) is 0 Å². The summed E-state index contributed by atoms with van der Waals surface area (Å²) in [6.07, 6.45) is 10.4. The summed E-state index contributed by atoms with van der Waals surface area (Å²) in [5.41, 5.74) is 0. The monoisotopic (exact) mass is 331 g/mol. The van der Waals surface area contributed by atoms with E-state index in [0.29, 0.717) is 13.1 Å². The Morgan fingerprint density at radius 3 is 2.92 bits per heavy atom. The van der Waals surface area contributed by atoms with Crippen molar-refractivity contribution in [2.75, 3.05) is 26.2 Å². The Kier molecular flexibility index (Phi) is 5.90. The minimum atomic E-state index is -0.128. The van der Waals surface area contributed by atoms with E-state index in [1.165, 1.54) is 12.8 Å².